The number of hydrogen-bond acceptors (Lipinski definition) is 5. The van der Waals surface area contributed by atoms with Crippen LogP contribution in [0.5, 0.6) is 0 Å². The SMILES string of the molecule is C[C@H](NC(=O)OCc1ccccc1)C(=O)N[C@@H](C)C(=O)N[C@@H](Cc1ccccc1)[C@H]1CO1. The minimum atomic E-state index is -0.861. The van der Waals surface area contributed by atoms with Crippen molar-refractivity contribution >= 4 is 17.9 Å². The lowest BCUT2D eigenvalue weighted by Gasteiger charge is -2.22. The van der Waals surface area contributed by atoms with Crippen molar-refractivity contribution in [1.29, 1.82) is 0 Å². The number of rotatable bonds is 10. The van der Waals surface area contributed by atoms with Crippen LogP contribution < -0.4 is 16.0 Å². The number of amides is 3. The standard InChI is InChI=1S/C24H29N3O5/c1-16(23(29)27-20(21-15-31-21)13-18-9-5-3-6-10-18)25-22(28)17(2)26-24(30)32-14-19-11-7-4-8-12-19/h3-12,16-17,20-21H,13-15H2,1-2H3,(H,25,28)(H,26,30)(H,27,29)/t16-,17-,20-,21+/m0/s1. The molecule has 1 heterocycles. The van der Waals surface area contributed by atoms with Crippen LogP contribution in [0.1, 0.15) is 25.0 Å². The number of carbonyl (C=O) groups excluding carboxylic acids is 3. The summed E-state index contributed by atoms with van der Waals surface area (Å²) in [4.78, 5) is 37.0. The van der Waals surface area contributed by atoms with Gasteiger partial charge in [0.25, 0.3) is 0 Å². The van der Waals surface area contributed by atoms with E-state index in [9.17, 15) is 14.4 Å². The lowest BCUT2D eigenvalue weighted by Crippen LogP contribution is -2.54. The highest BCUT2D eigenvalue weighted by atomic mass is 16.6. The number of epoxide rings is 1. The fraction of sp³-hybridized carbons (Fsp3) is 0.375. The first-order chi connectivity index (χ1) is 15.4. The van der Waals surface area contributed by atoms with E-state index < -0.39 is 24.1 Å². The Morgan fingerprint density at radius 2 is 1.41 bits per heavy atom. The molecule has 2 aromatic carbocycles. The molecule has 1 saturated heterocycles. The molecule has 0 spiro atoms. The Labute approximate surface area is 187 Å². The predicted molar refractivity (Wildman–Crippen MR) is 119 cm³/mol. The van der Waals surface area contributed by atoms with Crippen molar-refractivity contribution in [2.24, 2.45) is 0 Å². The summed E-state index contributed by atoms with van der Waals surface area (Å²) in [6, 6.07) is 17.3. The van der Waals surface area contributed by atoms with Crippen LogP contribution in [-0.2, 0) is 32.1 Å². The van der Waals surface area contributed by atoms with Gasteiger partial charge in [0.1, 0.15) is 24.8 Å². The Morgan fingerprint density at radius 1 is 0.875 bits per heavy atom. The maximum Gasteiger partial charge on any atom is 0.408 e. The van der Waals surface area contributed by atoms with Crippen LogP contribution in [0.3, 0.4) is 0 Å². The number of hydrogen-bond donors (Lipinski definition) is 3. The second-order valence-corrected chi connectivity index (χ2v) is 7.83. The van der Waals surface area contributed by atoms with Crippen molar-refractivity contribution in [2.75, 3.05) is 6.61 Å². The predicted octanol–water partition coefficient (Wildman–Crippen LogP) is 1.93. The summed E-state index contributed by atoms with van der Waals surface area (Å²) in [5, 5.41) is 8.06. The molecule has 3 N–H and O–H groups in total. The topological polar surface area (TPSA) is 109 Å². The van der Waals surface area contributed by atoms with Gasteiger partial charge in [-0.1, -0.05) is 60.7 Å². The van der Waals surface area contributed by atoms with Gasteiger partial charge in [0.2, 0.25) is 11.8 Å². The molecule has 4 atom stereocenters. The molecule has 32 heavy (non-hydrogen) atoms. The van der Waals surface area contributed by atoms with E-state index in [0.717, 1.165) is 11.1 Å². The molecule has 0 unspecified atom stereocenters. The van der Waals surface area contributed by atoms with Gasteiger partial charge >= 0.3 is 6.09 Å². The normalized spacial score (nSPS) is 17.4. The summed E-state index contributed by atoms with van der Waals surface area (Å²) in [5.41, 5.74) is 1.94. The van der Waals surface area contributed by atoms with E-state index in [2.05, 4.69) is 16.0 Å². The third kappa shape index (κ3) is 7.39. The smallest absolute Gasteiger partial charge is 0.408 e. The van der Waals surface area contributed by atoms with Crippen molar-refractivity contribution < 1.29 is 23.9 Å². The zero-order chi connectivity index (χ0) is 22.9. The second-order valence-electron chi connectivity index (χ2n) is 7.83. The zero-order valence-electron chi connectivity index (χ0n) is 18.2. The van der Waals surface area contributed by atoms with Crippen molar-refractivity contribution in [1.82, 2.24) is 16.0 Å². The highest BCUT2D eigenvalue weighted by Gasteiger charge is 2.35. The van der Waals surface area contributed by atoms with E-state index in [4.69, 9.17) is 9.47 Å². The quantitative estimate of drug-likeness (QED) is 0.490. The fourth-order valence-electron chi connectivity index (χ4n) is 3.15. The highest BCUT2D eigenvalue weighted by molar-refractivity contribution is 5.90. The molecule has 0 saturated carbocycles. The van der Waals surface area contributed by atoms with Crippen LogP contribution in [0.4, 0.5) is 4.79 Å². The minimum absolute atomic E-state index is 0.0259. The maximum atomic E-state index is 12.6. The lowest BCUT2D eigenvalue weighted by atomic mass is 10.0. The molecule has 1 aliphatic heterocycles. The largest absolute Gasteiger partial charge is 0.445 e. The third-order valence-electron chi connectivity index (χ3n) is 5.13. The Kier molecular flexibility index (Phi) is 8.21. The van der Waals surface area contributed by atoms with Gasteiger partial charge in [0.05, 0.1) is 12.6 Å². The van der Waals surface area contributed by atoms with Crippen LogP contribution in [0, 0.1) is 0 Å². The van der Waals surface area contributed by atoms with Gasteiger partial charge in [-0.05, 0) is 31.4 Å². The van der Waals surface area contributed by atoms with E-state index in [-0.39, 0.29) is 24.7 Å². The summed E-state index contributed by atoms with van der Waals surface area (Å²) in [7, 11) is 0. The Balaban J connectivity index is 1.42. The molecule has 0 aliphatic carbocycles. The van der Waals surface area contributed by atoms with Gasteiger partial charge in [-0.25, -0.2) is 4.79 Å². The van der Waals surface area contributed by atoms with E-state index in [1.807, 2.05) is 60.7 Å². The number of alkyl carbamates (subject to hydrolysis) is 1. The third-order valence-corrected chi connectivity index (χ3v) is 5.13. The first-order valence-electron chi connectivity index (χ1n) is 10.7. The van der Waals surface area contributed by atoms with Gasteiger partial charge in [0.15, 0.2) is 0 Å². The molecule has 0 bridgehead atoms. The van der Waals surface area contributed by atoms with Crippen molar-refractivity contribution in [3.05, 3.63) is 71.8 Å². The highest BCUT2D eigenvalue weighted by Crippen LogP contribution is 2.18. The van der Waals surface area contributed by atoms with Crippen LogP contribution in [0.15, 0.2) is 60.7 Å². The van der Waals surface area contributed by atoms with Crippen LogP contribution in [-0.4, -0.2) is 48.7 Å². The molecule has 3 amide bonds. The van der Waals surface area contributed by atoms with Crippen molar-refractivity contribution in [3.63, 3.8) is 0 Å². The van der Waals surface area contributed by atoms with Crippen LogP contribution in [0.25, 0.3) is 0 Å². The Hall–Kier alpha value is -3.39. The average molecular weight is 440 g/mol. The summed E-state index contributed by atoms with van der Waals surface area (Å²) in [6.07, 6.45) is -0.0900. The zero-order valence-corrected chi connectivity index (χ0v) is 18.2. The molecule has 1 aliphatic rings. The van der Waals surface area contributed by atoms with Gasteiger partial charge < -0.3 is 25.4 Å². The molecule has 8 nitrogen and oxygen atoms in total. The first-order valence-corrected chi connectivity index (χ1v) is 10.7. The van der Waals surface area contributed by atoms with E-state index in [1.165, 1.54) is 6.92 Å². The maximum absolute atomic E-state index is 12.6. The molecular weight excluding hydrogens is 410 g/mol. The fourth-order valence-corrected chi connectivity index (χ4v) is 3.15. The van der Waals surface area contributed by atoms with Crippen LogP contribution >= 0.6 is 0 Å². The second kappa shape index (κ2) is 11.3. The molecule has 8 heteroatoms. The van der Waals surface area contributed by atoms with Crippen LogP contribution in [0.2, 0.25) is 0 Å². The average Bonchev–Trinajstić information content (AvgIpc) is 3.64. The molecule has 0 aromatic heterocycles. The molecule has 3 rings (SSSR count). The molecule has 170 valence electrons. The number of nitrogens with one attached hydrogen (secondary N) is 3. The van der Waals surface area contributed by atoms with Crippen molar-refractivity contribution in [2.45, 2.75) is 51.1 Å². The Morgan fingerprint density at radius 3 is 2.00 bits per heavy atom. The monoisotopic (exact) mass is 439 g/mol. The molecule has 2 aromatic rings. The summed E-state index contributed by atoms with van der Waals surface area (Å²) in [6.45, 7) is 3.83. The molecule has 1 fully saturated rings. The number of carbonyl (C=O) groups is 3. The number of benzene rings is 2. The van der Waals surface area contributed by atoms with E-state index in [0.29, 0.717) is 13.0 Å². The van der Waals surface area contributed by atoms with Gasteiger partial charge in [-0.3, -0.25) is 9.59 Å². The number of ether oxygens (including phenoxy) is 2. The van der Waals surface area contributed by atoms with Gasteiger partial charge in [0, 0.05) is 0 Å². The summed E-state index contributed by atoms with van der Waals surface area (Å²) >= 11 is 0. The van der Waals surface area contributed by atoms with Gasteiger partial charge in [-0.2, -0.15) is 0 Å². The van der Waals surface area contributed by atoms with Gasteiger partial charge in [-0.15, -0.1) is 0 Å². The summed E-state index contributed by atoms with van der Waals surface area (Å²) in [5.74, 6) is -0.791. The van der Waals surface area contributed by atoms with E-state index >= 15 is 0 Å². The lowest BCUT2D eigenvalue weighted by molar-refractivity contribution is -0.129. The first kappa shape index (κ1) is 23.3. The molecular formula is C24H29N3O5. The minimum Gasteiger partial charge on any atom is -0.445 e. The van der Waals surface area contributed by atoms with Crippen molar-refractivity contribution in [3.8, 4) is 0 Å². The Bertz CT molecular complexity index is 902. The summed E-state index contributed by atoms with van der Waals surface area (Å²) < 4.78 is 10.5. The molecule has 0 radical (unpaired) electrons. The van der Waals surface area contributed by atoms with E-state index in [1.54, 1.807) is 6.92 Å².